The lowest BCUT2D eigenvalue weighted by Crippen LogP contribution is -2.33. The van der Waals surface area contributed by atoms with E-state index < -0.39 is 0 Å². The summed E-state index contributed by atoms with van der Waals surface area (Å²) in [7, 11) is 0. The average molecular weight is 280 g/mol. The van der Waals surface area contributed by atoms with Crippen molar-refractivity contribution >= 4 is 5.84 Å². The molecule has 0 saturated carbocycles. The Morgan fingerprint density at radius 1 is 1.05 bits per heavy atom. The normalized spacial score (nSPS) is 15.2. The van der Waals surface area contributed by atoms with E-state index >= 15 is 0 Å². The number of para-hydroxylation sites is 1. The van der Waals surface area contributed by atoms with Crippen molar-refractivity contribution < 1.29 is 4.74 Å². The number of ether oxygens (including phenoxy) is 1. The Balaban J connectivity index is 1.91. The fourth-order valence-corrected chi connectivity index (χ4v) is 2.60. The van der Waals surface area contributed by atoms with Gasteiger partial charge >= 0.3 is 0 Å². The zero-order chi connectivity index (χ0) is 14.7. The largest absolute Gasteiger partial charge is 0.482 e. The smallest absolute Gasteiger partial charge is 0.152 e. The Kier molecular flexibility index (Phi) is 3.91. The molecular formula is C18H20N2O. The molecule has 1 N–H and O–H groups in total. The highest BCUT2D eigenvalue weighted by Crippen LogP contribution is 2.32. The Labute approximate surface area is 125 Å². The molecule has 2 aromatic carbocycles. The van der Waals surface area contributed by atoms with E-state index in [1.165, 1.54) is 11.1 Å². The van der Waals surface area contributed by atoms with E-state index in [0.717, 1.165) is 30.2 Å². The minimum atomic E-state index is -0.0577. The van der Waals surface area contributed by atoms with Gasteiger partial charge in [-0.2, -0.15) is 0 Å². The number of amidine groups is 1. The summed E-state index contributed by atoms with van der Waals surface area (Å²) in [6, 6.07) is 16.6. The number of hydrogen-bond donors (Lipinski definition) is 1. The molecule has 0 amide bonds. The maximum atomic E-state index is 6.15. The Bertz CT molecular complexity index is 664. The summed E-state index contributed by atoms with van der Waals surface area (Å²) in [5.41, 5.74) is 3.58. The van der Waals surface area contributed by atoms with Crippen molar-refractivity contribution in [2.45, 2.75) is 20.0 Å². The van der Waals surface area contributed by atoms with Crippen LogP contribution in [0.1, 0.15) is 12.5 Å². The summed E-state index contributed by atoms with van der Waals surface area (Å²) in [5, 5.41) is 3.27. The van der Waals surface area contributed by atoms with Crippen molar-refractivity contribution in [2.24, 2.45) is 4.99 Å². The number of aryl methyl sites for hydroxylation is 1. The van der Waals surface area contributed by atoms with E-state index in [1.54, 1.807) is 0 Å². The van der Waals surface area contributed by atoms with Crippen molar-refractivity contribution in [1.29, 1.82) is 0 Å². The van der Waals surface area contributed by atoms with Gasteiger partial charge in [0, 0.05) is 12.1 Å². The van der Waals surface area contributed by atoms with Crippen LogP contribution in [0.5, 0.6) is 5.75 Å². The van der Waals surface area contributed by atoms with Crippen molar-refractivity contribution in [1.82, 2.24) is 5.32 Å². The molecule has 3 rings (SSSR count). The van der Waals surface area contributed by atoms with Crippen LogP contribution >= 0.6 is 0 Å². The van der Waals surface area contributed by atoms with Crippen LogP contribution in [-0.4, -0.2) is 25.0 Å². The van der Waals surface area contributed by atoms with Crippen LogP contribution in [-0.2, 0) is 0 Å². The molecule has 0 aromatic heterocycles. The number of aliphatic imine (C=N–C) groups is 1. The lowest BCUT2D eigenvalue weighted by Gasteiger charge is -2.18. The Morgan fingerprint density at radius 2 is 1.76 bits per heavy atom. The first-order valence-corrected chi connectivity index (χ1v) is 7.35. The molecule has 0 unspecified atom stereocenters. The van der Waals surface area contributed by atoms with Crippen molar-refractivity contribution in [2.75, 3.05) is 13.1 Å². The third-order valence-electron chi connectivity index (χ3n) is 3.71. The summed E-state index contributed by atoms with van der Waals surface area (Å²) >= 11 is 0. The van der Waals surface area contributed by atoms with Crippen LogP contribution in [0, 0.1) is 6.92 Å². The van der Waals surface area contributed by atoms with E-state index in [9.17, 15) is 0 Å². The highest BCUT2D eigenvalue weighted by atomic mass is 16.5. The summed E-state index contributed by atoms with van der Waals surface area (Å²) < 4.78 is 6.15. The lowest BCUT2D eigenvalue weighted by molar-refractivity contribution is 0.285. The van der Waals surface area contributed by atoms with Gasteiger partial charge in [-0.15, -0.1) is 0 Å². The molecule has 3 heteroatoms. The van der Waals surface area contributed by atoms with Gasteiger partial charge in [-0.05, 0) is 31.0 Å². The monoisotopic (exact) mass is 280 g/mol. The Morgan fingerprint density at radius 3 is 2.48 bits per heavy atom. The molecule has 108 valence electrons. The van der Waals surface area contributed by atoms with Crippen LogP contribution < -0.4 is 10.1 Å². The number of nitrogens with one attached hydrogen (secondary N) is 1. The quantitative estimate of drug-likeness (QED) is 0.931. The summed E-state index contributed by atoms with van der Waals surface area (Å²) in [6.07, 6.45) is -0.0577. The second-order valence-electron chi connectivity index (χ2n) is 5.26. The molecule has 21 heavy (non-hydrogen) atoms. The molecule has 0 fully saturated rings. The first-order valence-electron chi connectivity index (χ1n) is 7.35. The third-order valence-corrected chi connectivity index (χ3v) is 3.71. The van der Waals surface area contributed by atoms with Gasteiger partial charge in [-0.1, -0.05) is 42.5 Å². The minimum Gasteiger partial charge on any atom is -0.482 e. The van der Waals surface area contributed by atoms with Crippen LogP contribution in [0.25, 0.3) is 11.1 Å². The zero-order valence-corrected chi connectivity index (χ0v) is 12.5. The molecule has 1 heterocycles. The predicted molar refractivity (Wildman–Crippen MR) is 87.0 cm³/mol. The van der Waals surface area contributed by atoms with Gasteiger partial charge in [0.2, 0.25) is 0 Å². The number of rotatable bonds is 4. The standard InChI is InChI=1S/C18H20N2O/c1-13-7-3-4-8-15(13)16-9-5-6-10-17(16)21-14(2)18-19-11-12-20-18/h3-10,14H,11-12H2,1-2H3,(H,19,20)/t14-/m1/s1. The molecule has 0 radical (unpaired) electrons. The van der Waals surface area contributed by atoms with Gasteiger partial charge in [0.25, 0.3) is 0 Å². The zero-order valence-electron chi connectivity index (χ0n) is 12.5. The molecular weight excluding hydrogens is 260 g/mol. The van der Waals surface area contributed by atoms with Crippen molar-refractivity contribution in [3.63, 3.8) is 0 Å². The van der Waals surface area contributed by atoms with Crippen LogP contribution in [0.2, 0.25) is 0 Å². The number of hydrogen-bond acceptors (Lipinski definition) is 3. The fourth-order valence-electron chi connectivity index (χ4n) is 2.60. The van der Waals surface area contributed by atoms with Crippen LogP contribution in [0.4, 0.5) is 0 Å². The Hall–Kier alpha value is -2.29. The van der Waals surface area contributed by atoms with E-state index in [-0.39, 0.29) is 6.10 Å². The second kappa shape index (κ2) is 6.00. The topological polar surface area (TPSA) is 33.6 Å². The van der Waals surface area contributed by atoms with Crippen LogP contribution in [0.3, 0.4) is 0 Å². The van der Waals surface area contributed by atoms with Crippen LogP contribution in [0.15, 0.2) is 53.5 Å². The highest BCUT2D eigenvalue weighted by molar-refractivity contribution is 5.88. The SMILES string of the molecule is Cc1ccccc1-c1ccccc1O[C@H](C)C1=NCCN1. The third kappa shape index (κ3) is 2.92. The molecule has 1 aliphatic rings. The number of nitrogens with zero attached hydrogens (tertiary/aromatic N) is 1. The summed E-state index contributed by atoms with van der Waals surface area (Å²) in [5.74, 6) is 1.84. The maximum Gasteiger partial charge on any atom is 0.152 e. The van der Waals surface area contributed by atoms with Gasteiger partial charge in [0.15, 0.2) is 6.10 Å². The lowest BCUT2D eigenvalue weighted by atomic mass is 10.00. The van der Waals surface area contributed by atoms with Gasteiger partial charge in [-0.25, -0.2) is 0 Å². The molecule has 3 nitrogen and oxygen atoms in total. The van der Waals surface area contributed by atoms with Crippen molar-refractivity contribution in [3.05, 3.63) is 54.1 Å². The molecule has 1 atom stereocenters. The molecule has 0 aliphatic carbocycles. The van der Waals surface area contributed by atoms with E-state index in [1.807, 2.05) is 25.1 Å². The molecule has 0 bridgehead atoms. The predicted octanol–water partition coefficient (Wildman–Crippen LogP) is 3.43. The van der Waals surface area contributed by atoms with E-state index in [4.69, 9.17) is 4.74 Å². The van der Waals surface area contributed by atoms with E-state index in [0.29, 0.717) is 0 Å². The molecule has 2 aromatic rings. The fraction of sp³-hybridized carbons (Fsp3) is 0.278. The van der Waals surface area contributed by atoms with Gasteiger partial charge in [-0.3, -0.25) is 4.99 Å². The summed E-state index contributed by atoms with van der Waals surface area (Å²) in [6.45, 7) is 5.90. The molecule has 0 saturated heterocycles. The minimum absolute atomic E-state index is 0.0577. The van der Waals surface area contributed by atoms with Crippen molar-refractivity contribution in [3.8, 4) is 16.9 Å². The maximum absolute atomic E-state index is 6.15. The molecule has 1 aliphatic heterocycles. The van der Waals surface area contributed by atoms with Gasteiger partial charge in [0.1, 0.15) is 11.6 Å². The average Bonchev–Trinajstić information content (AvgIpc) is 3.03. The highest BCUT2D eigenvalue weighted by Gasteiger charge is 2.17. The first-order chi connectivity index (χ1) is 10.3. The second-order valence-corrected chi connectivity index (χ2v) is 5.26. The van der Waals surface area contributed by atoms with E-state index in [2.05, 4.69) is 47.6 Å². The summed E-state index contributed by atoms with van der Waals surface area (Å²) in [4.78, 5) is 4.43. The van der Waals surface area contributed by atoms with Gasteiger partial charge < -0.3 is 10.1 Å². The molecule has 0 spiro atoms. The first kappa shape index (κ1) is 13.7. The van der Waals surface area contributed by atoms with Gasteiger partial charge in [0.05, 0.1) is 6.54 Å². The number of benzene rings is 2.